The second kappa shape index (κ2) is 8.47. The van der Waals surface area contributed by atoms with E-state index < -0.39 is 0 Å². The zero-order valence-electron chi connectivity index (χ0n) is 13.5. The molecule has 0 bridgehead atoms. The van der Waals surface area contributed by atoms with Crippen molar-refractivity contribution >= 4 is 5.91 Å². The van der Waals surface area contributed by atoms with Gasteiger partial charge in [-0.05, 0) is 57.7 Å². The molecule has 0 unspecified atom stereocenters. The van der Waals surface area contributed by atoms with Gasteiger partial charge >= 0.3 is 0 Å². The van der Waals surface area contributed by atoms with Crippen molar-refractivity contribution in [2.24, 2.45) is 0 Å². The van der Waals surface area contributed by atoms with Gasteiger partial charge in [0, 0.05) is 12.1 Å². The summed E-state index contributed by atoms with van der Waals surface area (Å²) >= 11 is 0. The van der Waals surface area contributed by atoms with Crippen LogP contribution in [0.4, 0.5) is 0 Å². The fraction of sp³-hybridized carbons (Fsp3) is 0.500. The predicted molar refractivity (Wildman–Crippen MR) is 87.7 cm³/mol. The first-order valence-electron chi connectivity index (χ1n) is 8.10. The van der Waals surface area contributed by atoms with E-state index in [-0.39, 0.29) is 5.91 Å². The van der Waals surface area contributed by atoms with E-state index in [2.05, 4.69) is 11.4 Å². The molecular weight excluding hydrogens is 278 g/mol. The Bertz CT molecular complexity index is 537. The maximum absolute atomic E-state index is 12.3. The van der Waals surface area contributed by atoms with Gasteiger partial charge in [0.05, 0.1) is 13.2 Å². The molecule has 2 rings (SSSR count). The average molecular weight is 303 g/mol. The van der Waals surface area contributed by atoms with E-state index in [1.807, 2.05) is 13.8 Å². The van der Waals surface area contributed by atoms with Crippen molar-refractivity contribution in [3.63, 3.8) is 0 Å². The van der Waals surface area contributed by atoms with Crippen LogP contribution in [-0.2, 0) is 0 Å². The van der Waals surface area contributed by atoms with Crippen LogP contribution in [0.15, 0.2) is 29.8 Å². The number of rotatable bonds is 7. The highest BCUT2D eigenvalue weighted by Crippen LogP contribution is 2.28. The molecule has 4 heteroatoms. The molecular formula is C18H25NO3. The molecule has 1 N–H and O–H groups in total. The summed E-state index contributed by atoms with van der Waals surface area (Å²) in [6.45, 7) is 5.58. The number of carbonyl (C=O) groups excluding carboxylic acids is 1. The van der Waals surface area contributed by atoms with E-state index in [1.54, 1.807) is 18.2 Å². The van der Waals surface area contributed by atoms with E-state index in [4.69, 9.17) is 9.47 Å². The number of amides is 1. The molecule has 1 aliphatic carbocycles. The normalized spacial score (nSPS) is 14.2. The summed E-state index contributed by atoms with van der Waals surface area (Å²) in [5.74, 6) is 1.22. The molecule has 22 heavy (non-hydrogen) atoms. The van der Waals surface area contributed by atoms with Gasteiger partial charge in [-0.25, -0.2) is 0 Å². The van der Waals surface area contributed by atoms with Gasteiger partial charge < -0.3 is 14.8 Å². The summed E-state index contributed by atoms with van der Waals surface area (Å²) in [7, 11) is 0. The van der Waals surface area contributed by atoms with Gasteiger partial charge in [0.1, 0.15) is 0 Å². The summed E-state index contributed by atoms with van der Waals surface area (Å²) in [5, 5.41) is 2.99. The fourth-order valence-electron chi connectivity index (χ4n) is 2.55. The highest BCUT2D eigenvalue weighted by Gasteiger charge is 2.12. The molecule has 0 aliphatic heterocycles. The van der Waals surface area contributed by atoms with Crippen molar-refractivity contribution in [3.05, 3.63) is 35.4 Å². The largest absolute Gasteiger partial charge is 0.490 e. The highest BCUT2D eigenvalue weighted by molar-refractivity contribution is 5.95. The first-order valence-corrected chi connectivity index (χ1v) is 8.10. The molecule has 0 saturated heterocycles. The van der Waals surface area contributed by atoms with Gasteiger partial charge in [0.2, 0.25) is 0 Å². The van der Waals surface area contributed by atoms with E-state index in [0.29, 0.717) is 36.8 Å². The van der Waals surface area contributed by atoms with E-state index in [1.165, 1.54) is 18.4 Å². The van der Waals surface area contributed by atoms with Crippen LogP contribution in [0.25, 0.3) is 0 Å². The van der Waals surface area contributed by atoms with E-state index in [0.717, 1.165) is 12.8 Å². The van der Waals surface area contributed by atoms with Crippen LogP contribution < -0.4 is 14.8 Å². The SMILES string of the molecule is CCOc1ccc(C(=O)NCC2=CCCCC2)cc1OCC. The number of hydrogen-bond acceptors (Lipinski definition) is 3. The van der Waals surface area contributed by atoms with Gasteiger partial charge in [-0.1, -0.05) is 11.6 Å². The van der Waals surface area contributed by atoms with Crippen molar-refractivity contribution < 1.29 is 14.3 Å². The number of ether oxygens (including phenoxy) is 2. The van der Waals surface area contributed by atoms with Crippen LogP contribution in [0.1, 0.15) is 49.9 Å². The maximum atomic E-state index is 12.3. The van der Waals surface area contributed by atoms with Gasteiger partial charge in [0.15, 0.2) is 11.5 Å². The first-order chi connectivity index (χ1) is 10.7. The van der Waals surface area contributed by atoms with Gasteiger partial charge in [0.25, 0.3) is 5.91 Å². The molecule has 0 heterocycles. The molecule has 1 amide bonds. The standard InChI is InChI=1S/C18H25NO3/c1-3-21-16-11-10-15(12-17(16)22-4-2)18(20)19-13-14-8-6-5-7-9-14/h8,10-12H,3-7,9,13H2,1-2H3,(H,19,20). The van der Waals surface area contributed by atoms with Crippen LogP contribution in [0, 0.1) is 0 Å². The minimum absolute atomic E-state index is 0.0736. The Morgan fingerprint density at radius 3 is 2.59 bits per heavy atom. The predicted octanol–water partition coefficient (Wildman–Crippen LogP) is 3.71. The number of allylic oxidation sites excluding steroid dienone is 1. The number of carbonyl (C=O) groups is 1. The Balaban J connectivity index is 2.02. The second-order valence-electron chi connectivity index (χ2n) is 5.32. The van der Waals surface area contributed by atoms with E-state index >= 15 is 0 Å². The molecule has 4 nitrogen and oxygen atoms in total. The minimum atomic E-state index is -0.0736. The van der Waals surface area contributed by atoms with Gasteiger partial charge in [-0.3, -0.25) is 4.79 Å². The van der Waals surface area contributed by atoms with Crippen LogP contribution in [0.3, 0.4) is 0 Å². The topological polar surface area (TPSA) is 47.6 Å². The highest BCUT2D eigenvalue weighted by atomic mass is 16.5. The smallest absolute Gasteiger partial charge is 0.251 e. The molecule has 1 aliphatic rings. The number of nitrogens with one attached hydrogen (secondary N) is 1. The Labute approximate surface area is 132 Å². The summed E-state index contributed by atoms with van der Waals surface area (Å²) < 4.78 is 11.1. The van der Waals surface area contributed by atoms with Crippen molar-refractivity contribution in [1.29, 1.82) is 0 Å². The molecule has 1 aromatic rings. The van der Waals surface area contributed by atoms with Crippen molar-refractivity contribution in [2.45, 2.75) is 39.5 Å². The van der Waals surface area contributed by atoms with Gasteiger partial charge in [-0.15, -0.1) is 0 Å². The molecule has 0 spiro atoms. The van der Waals surface area contributed by atoms with Crippen LogP contribution >= 0.6 is 0 Å². The van der Waals surface area contributed by atoms with Gasteiger partial charge in [-0.2, -0.15) is 0 Å². The quantitative estimate of drug-likeness (QED) is 0.781. The average Bonchev–Trinajstić information content (AvgIpc) is 2.55. The van der Waals surface area contributed by atoms with Crippen LogP contribution in [-0.4, -0.2) is 25.7 Å². The van der Waals surface area contributed by atoms with Crippen molar-refractivity contribution in [1.82, 2.24) is 5.32 Å². The maximum Gasteiger partial charge on any atom is 0.251 e. The lowest BCUT2D eigenvalue weighted by atomic mass is 9.99. The third-order valence-corrected chi connectivity index (χ3v) is 3.67. The zero-order valence-corrected chi connectivity index (χ0v) is 13.5. The third kappa shape index (κ3) is 4.52. The Hall–Kier alpha value is -1.97. The summed E-state index contributed by atoms with van der Waals surface area (Å²) in [4.78, 5) is 12.3. The Kier molecular flexibility index (Phi) is 6.31. The van der Waals surface area contributed by atoms with Crippen LogP contribution in [0.5, 0.6) is 11.5 Å². The lowest BCUT2D eigenvalue weighted by Gasteiger charge is -2.15. The summed E-state index contributed by atoms with van der Waals surface area (Å²) in [6.07, 6.45) is 6.94. The first kappa shape index (κ1) is 16.4. The molecule has 0 radical (unpaired) electrons. The summed E-state index contributed by atoms with van der Waals surface area (Å²) in [6, 6.07) is 5.32. The number of benzene rings is 1. The molecule has 0 fully saturated rings. The third-order valence-electron chi connectivity index (χ3n) is 3.67. The molecule has 1 aromatic carbocycles. The second-order valence-corrected chi connectivity index (χ2v) is 5.32. The fourth-order valence-corrected chi connectivity index (χ4v) is 2.55. The monoisotopic (exact) mass is 303 g/mol. The number of hydrogen-bond donors (Lipinski definition) is 1. The van der Waals surface area contributed by atoms with Crippen LogP contribution in [0.2, 0.25) is 0 Å². The Morgan fingerprint density at radius 1 is 1.14 bits per heavy atom. The molecule has 0 aromatic heterocycles. The summed E-state index contributed by atoms with van der Waals surface area (Å²) in [5.41, 5.74) is 1.93. The van der Waals surface area contributed by atoms with E-state index in [9.17, 15) is 4.79 Å². The molecule has 0 atom stereocenters. The molecule has 0 saturated carbocycles. The van der Waals surface area contributed by atoms with Crippen molar-refractivity contribution in [2.75, 3.05) is 19.8 Å². The molecule has 120 valence electrons. The lowest BCUT2D eigenvalue weighted by molar-refractivity contribution is 0.0956. The zero-order chi connectivity index (χ0) is 15.8. The van der Waals surface area contributed by atoms with Crippen molar-refractivity contribution in [3.8, 4) is 11.5 Å². The Morgan fingerprint density at radius 2 is 1.91 bits per heavy atom. The minimum Gasteiger partial charge on any atom is -0.490 e. The lowest BCUT2D eigenvalue weighted by Crippen LogP contribution is -2.26.